The first-order chi connectivity index (χ1) is 18.7. The Bertz CT molecular complexity index is 1140. The first-order valence-electron chi connectivity index (χ1n) is 13.8. The quantitative estimate of drug-likeness (QED) is 0.289. The van der Waals surface area contributed by atoms with E-state index in [0.29, 0.717) is 25.8 Å². The lowest BCUT2D eigenvalue weighted by molar-refractivity contribution is -0.136. The summed E-state index contributed by atoms with van der Waals surface area (Å²) in [4.78, 5) is 28.5. The van der Waals surface area contributed by atoms with E-state index < -0.39 is 24.1 Å². The average Bonchev–Trinajstić information content (AvgIpc) is 2.93. The van der Waals surface area contributed by atoms with Gasteiger partial charge in [-0.2, -0.15) is 0 Å². The first kappa shape index (κ1) is 30.1. The van der Waals surface area contributed by atoms with E-state index in [2.05, 4.69) is 5.32 Å². The van der Waals surface area contributed by atoms with Gasteiger partial charge >= 0.3 is 0 Å². The standard InChI is InChI=1S/C33H43N3O3/c1-24(2)19-28(22-31(37)36(3)23-27-17-11-6-12-18-27)33(39)35-30(21-26-15-9-5-10-16-26)32(38)29(34)20-25-13-7-4-8-14-25/h4-18,24,28-30,32,38H,19-23,34H2,1-3H3,(H,35,39). The second-order valence-corrected chi connectivity index (χ2v) is 10.9. The second kappa shape index (κ2) is 15.2. The molecule has 0 aliphatic rings. The molecule has 0 radical (unpaired) electrons. The summed E-state index contributed by atoms with van der Waals surface area (Å²) >= 11 is 0. The van der Waals surface area contributed by atoms with Crippen molar-refractivity contribution in [2.45, 2.75) is 64.3 Å². The van der Waals surface area contributed by atoms with Crippen LogP contribution >= 0.6 is 0 Å². The molecular weight excluding hydrogens is 486 g/mol. The molecule has 4 atom stereocenters. The van der Waals surface area contributed by atoms with Gasteiger partial charge in [0, 0.05) is 32.0 Å². The zero-order valence-corrected chi connectivity index (χ0v) is 23.4. The molecule has 0 heterocycles. The maximum atomic E-state index is 13.6. The highest BCUT2D eigenvalue weighted by atomic mass is 16.3. The predicted molar refractivity (Wildman–Crippen MR) is 157 cm³/mol. The van der Waals surface area contributed by atoms with Crippen LogP contribution in [-0.2, 0) is 29.0 Å². The third-order valence-corrected chi connectivity index (χ3v) is 7.03. The molecule has 0 saturated carbocycles. The highest BCUT2D eigenvalue weighted by Crippen LogP contribution is 2.20. The number of nitrogens with one attached hydrogen (secondary N) is 1. The Labute approximate surface area is 233 Å². The summed E-state index contributed by atoms with van der Waals surface area (Å²) in [6.07, 6.45) is 0.636. The van der Waals surface area contributed by atoms with Crippen molar-refractivity contribution in [1.82, 2.24) is 10.2 Å². The Morgan fingerprint density at radius 3 is 1.82 bits per heavy atom. The normalized spacial score (nSPS) is 14.3. The van der Waals surface area contributed by atoms with Gasteiger partial charge in [0.05, 0.1) is 12.1 Å². The van der Waals surface area contributed by atoms with E-state index in [4.69, 9.17) is 5.73 Å². The van der Waals surface area contributed by atoms with E-state index >= 15 is 0 Å². The molecule has 0 fully saturated rings. The van der Waals surface area contributed by atoms with E-state index in [-0.39, 0.29) is 24.2 Å². The lowest BCUT2D eigenvalue weighted by Crippen LogP contribution is -2.54. The van der Waals surface area contributed by atoms with Crippen LogP contribution in [-0.4, -0.2) is 47.1 Å². The van der Waals surface area contributed by atoms with E-state index in [1.165, 1.54) is 0 Å². The van der Waals surface area contributed by atoms with Crippen molar-refractivity contribution in [3.8, 4) is 0 Å². The number of rotatable bonds is 14. The molecule has 0 aliphatic heterocycles. The molecule has 6 nitrogen and oxygen atoms in total. The molecule has 4 N–H and O–H groups in total. The number of amides is 2. The van der Waals surface area contributed by atoms with Crippen LogP contribution in [0.25, 0.3) is 0 Å². The Kier molecular flexibility index (Phi) is 11.7. The Morgan fingerprint density at radius 2 is 1.31 bits per heavy atom. The van der Waals surface area contributed by atoms with Gasteiger partial charge < -0.3 is 21.1 Å². The van der Waals surface area contributed by atoms with Gasteiger partial charge in [0.2, 0.25) is 11.8 Å². The topological polar surface area (TPSA) is 95.7 Å². The molecule has 2 amide bonds. The van der Waals surface area contributed by atoms with Crippen molar-refractivity contribution in [2.24, 2.45) is 17.6 Å². The van der Waals surface area contributed by atoms with Crippen LogP contribution in [0.4, 0.5) is 0 Å². The Hall–Kier alpha value is -3.48. The monoisotopic (exact) mass is 529 g/mol. The summed E-state index contributed by atoms with van der Waals surface area (Å²) in [6.45, 7) is 4.58. The van der Waals surface area contributed by atoms with E-state index in [0.717, 1.165) is 16.7 Å². The Balaban J connectivity index is 1.73. The van der Waals surface area contributed by atoms with Gasteiger partial charge in [0.25, 0.3) is 0 Å². The summed E-state index contributed by atoms with van der Waals surface area (Å²) in [5, 5.41) is 14.4. The van der Waals surface area contributed by atoms with Crippen LogP contribution in [0.3, 0.4) is 0 Å². The van der Waals surface area contributed by atoms with Gasteiger partial charge in [-0.3, -0.25) is 9.59 Å². The molecule has 39 heavy (non-hydrogen) atoms. The molecule has 3 aromatic carbocycles. The van der Waals surface area contributed by atoms with Gasteiger partial charge in [-0.15, -0.1) is 0 Å². The summed E-state index contributed by atoms with van der Waals surface area (Å²) in [6, 6.07) is 28.2. The average molecular weight is 530 g/mol. The number of hydrogen-bond acceptors (Lipinski definition) is 4. The molecule has 4 unspecified atom stereocenters. The third kappa shape index (κ3) is 9.97. The van der Waals surface area contributed by atoms with E-state index in [9.17, 15) is 14.7 Å². The molecule has 0 saturated heterocycles. The summed E-state index contributed by atoms with van der Waals surface area (Å²) in [7, 11) is 1.77. The largest absolute Gasteiger partial charge is 0.389 e. The minimum Gasteiger partial charge on any atom is -0.389 e. The van der Waals surface area contributed by atoms with Gasteiger partial charge in [-0.25, -0.2) is 0 Å². The molecule has 0 aliphatic carbocycles. The van der Waals surface area contributed by atoms with Crippen molar-refractivity contribution in [1.29, 1.82) is 0 Å². The summed E-state index contributed by atoms with van der Waals surface area (Å²) < 4.78 is 0. The zero-order chi connectivity index (χ0) is 28.2. The van der Waals surface area contributed by atoms with E-state index in [1.807, 2.05) is 105 Å². The van der Waals surface area contributed by atoms with Crippen LogP contribution < -0.4 is 11.1 Å². The minimum atomic E-state index is -0.967. The minimum absolute atomic E-state index is 0.0828. The maximum Gasteiger partial charge on any atom is 0.223 e. The van der Waals surface area contributed by atoms with Crippen LogP contribution in [0.5, 0.6) is 0 Å². The number of aliphatic hydroxyl groups excluding tert-OH is 1. The summed E-state index contributed by atoms with van der Waals surface area (Å²) in [5.41, 5.74) is 9.53. The zero-order valence-electron chi connectivity index (χ0n) is 23.4. The Morgan fingerprint density at radius 1 is 0.821 bits per heavy atom. The molecule has 3 aromatic rings. The molecule has 0 aromatic heterocycles. The molecule has 6 heteroatoms. The maximum absolute atomic E-state index is 13.6. The van der Waals surface area contributed by atoms with Gasteiger partial charge in [-0.1, -0.05) is 105 Å². The molecular formula is C33H43N3O3. The number of nitrogens with zero attached hydrogens (tertiary/aromatic N) is 1. The molecule has 0 bridgehead atoms. The molecule has 3 rings (SSSR count). The number of aliphatic hydroxyl groups is 1. The third-order valence-electron chi connectivity index (χ3n) is 7.03. The number of benzene rings is 3. The summed E-state index contributed by atoms with van der Waals surface area (Å²) in [5.74, 6) is -0.588. The van der Waals surface area contributed by atoms with Crippen molar-refractivity contribution >= 4 is 11.8 Å². The van der Waals surface area contributed by atoms with Crippen LogP contribution in [0, 0.1) is 11.8 Å². The first-order valence-corrected chi connectivity index (χ1v) is 13.8. The van der Waals surface area contributed by atoms with Crippen molar-refractivity contribution < 1.29 is 14.7 Å². The fourth-order valence-corrected chi connectivity index (χ4v) is 4.90. The highest BCUT2D eigenvalue weighted by Gasteiger charge is 2.31. The van der Waals surface area contributed by atoms with Crippen LogP contribution in [0.15, 0.2) is 91.0 Å². The molecule has 0 spiro atoms. The van der Waals surface area contributed by atoms with Gasteiger partial charge in [-0.05, 0) is 41.9 Å². The predicted octanol–water partition coefficient (Wildman–Crippen LogP) is 4.36. The van der Waals surface area contributed by atoms with Gasteiger partial charge in [0.1, 0.15) is 0 Å². The number of carbonyl (C=O) groups excluding carboxylic acids is 2. The highest BCUT2D eigenvalue weighted by molar-refractivity contribution is 5.86. The fraction of sp³-hybridized carbons (Fsp3) is 0.394. The van der Waals surface area contributed by atoms with Crippen molar-refractivity contribution in [3.05, 3.63) is 108 Å². The van der Waals surface area contributed by atoms with Crippen LogP contribution in [0.2, 0.25) is 0 Å². The van der Waals surface area contributed by atoms with Crippen LogP contribution in [0.1, 0.15) is 43.4 Å². The van der Waals surface area contributed by atoms with Gasteiger partial charge in [0.15, 0.2) is 0 Å². The molecule has 208 valence electrons. The van der Waals surface area contributed by atoms with E-state index in [1.54, 1.807) is 11.9 Å². The smallest absolute Gasteiger partial charge is 0.223 e. The van der Waals surface area contributed by atoms with Crippen molar-refractivity contribution in [3.63, 3.8) is 0 Å². The SMILES string of the molecule is CC(C)CC(CC(=O)N(C)Cc1ccccc1)C(=O)NC(Cc1ccccc1)C(O)C(N)Cc1ccccc1. The second-order valence-electron chi connectivity index (χ2n) is 10.9. The number of hydrogen-bond donors (Lipinski definition) is 3. The lowest BCUT2D eigenvalue weighted by Gasteiger charge is -2.31. The number of nitrogens with two attached hydrogens (primary N) is 1. The fourth-order valence-electron chi connectivity index (χ4n) is 4.90. The lowest BCUT2D eigenvalue weighted by atomic mass is 9.90. The number of carbonyl (C=O) groups is 2. The van der Waals surface area contributed by atoms with Crippen molar-refractivity contribution in [2.75, 3.05) is 7.05 Å².